The van der Waals surface area contributed by atoms with Crippen LogP contribution < -0.4 is 10.1 Å². The molecule has 0 radical (unpaired) electrons. The Balaban J connectivity index is 1.75. The lowest BCUT2D eigenvalue weighted by atomic mass is 9.82. The summed E-state index contributed by atoms with van der Waals surface area (Å²) in [5.41, 5.74) is 1.64. The van der Waals surface area contributed by atoms with E-state index in [1.54, 1.807) is 12.1 Å². The van der Waals surface area contributed by atoms with Crippen LogP contribution in [0.3, 0.4) is 0 Å². The first-order valence-electron chi connectivity index (χ1n) is 11.9. The Hall–Kier alpha value is -3.91. The highest BCUT2D eigenvalue weighted by molar-refractivity contribution is 6.33. The number of anilines is 1. The first-order chi connectivity index (χ1) is 17.3. The molecule has 0 spiro atoms. The van der Waals surface area contributed by atoms with Gasteiger partial charge in [0.1, 0.15) is 22.9 Å². The molecule has 0 amide bonds. The van der Waals surface area contributed by atoms with Crippen LogP contribution in [-0.2, 0) is 0 Å². The van der Waals surface area contributed by atoms with E-state index in [0.717, 1.165) is 24.0 Å². The largest absolute Gasteiger partial charge is 0.422 e. The average Bonchev–Trinajstić information content (AvgIpc) is 3.15. The second kappa shape index (κ2) is 9.86. The number of carbonyl (C=O) groups excluding carboxylic acids is 1. The van der Waals surface area contributed by atoms with Gasteiger partial charge in [0.2, 0.25) is 0 Å². The van der Waals surface area contributed by atoms with E-state index >= 15 is 0 Å². The molecule has 0 aliphatic carbocycles. The molecule has 9 heteroatoms. The molecule has 4 aromatic rings. The van der Waals surface area contributed by atoms with E-state index in [-0.39, 0.29) is 27.2 Å². The zero-order chi connectivity index (χ0) is 27.0. The topological polar surface area (TPSA) is 98.8 Å². The van der Waals surface area contributed by atoms with Crippen molar-refractivity contribution in [2.45, 2.75) is 46.6 Å². The summed E-state index contributed by atoms with van der Waals surface area (Å²) in [6.45, 7) is 10.9. The lowest BCUT2D eigenvalue weighted by Crippen LogP contribution is -2.36. The number of fused-ring (bicyclic) bond motifs is 1. The molecule has 0 bridgehead atoms. The van der Waals surface area contributed by atoms with E-state index in [0.29, 0.717) is 17.0 Å². The molecule has 0 unspecified atom stereocenters. The van der Waals surface area contributed by atoms with E-state index in [1.165, 1.54) is 12.1 Å². The van der Waals surface area contributed by atoms with Gasteiger partial charge in [0.15, 0.2) is 0 Å². The van der Waals surface area contributed by atoms with Gasteiger partial charge in [-0.1, -0.05) is 50.6 Å². The van der Waals surface area contributed by atoms with E-state index in [1.807, 2.05) is 40.9 Å². The van der Waals surface area contributed by atoms with Crippen molar-refractivity contribution in [3.8, 4) is 17.0 Å². The fraction of sp³-hybridized carbons (Fsp3) is 0.286. The Morgan fingerprint density at radius 2 is 1.78 bits per heavy atom. The van der Waals surface area contributed by atoms with Crippen LogP contribution in [0.2, 0.25) is 5.02 Å². The molecule has 4 rings (SSSR count). The predicted molar refractivity (Wildman–Crippen MR) is 145 cm³/mol. The van der Waals surface area contributed by atoms with Gasteiger partial charge in [0.05, 0.1) is 15.5 Å². The van der Waals surface area contributed by atoms with Gasteiger partial charge in [0, 0.05) is 29.4 Å². The van der Waals surface area contributed by atoms with Crippen molar-refractivity contribution in [2.24, 2.45) is 5.41 Å². The van der Waals surface area contributed by atoms with Gasteiger partial charge in [-0.3, -0.25) is 14.5 Å². The number of rotatable bonds is 7. The molecule has 0 aliphatic rings. The number of halogens is 1. The Kier molecular flexibility index (Phi) is 6.97. The monoisotopic (exact) mass is 520 g/mol. The summed E-state index contributed by atoms with van der Waals surface area (Å²) >= 11 is 6.16. The maximum Gasteiger partial charge on any atom is 0.345 e. The molecule has 0 saturated heterocycles. The second-order valence-electron chi connectivity index (χ2n) is 10.8. The number of hydrogen-bond acceptors (Lipinski definition) is 6. The number of nitro benzene ring substituents is 1. The third kappa shape index (κ3) is 5.91. The molecule has 1 N–H and O–H groups in total. The molecular formula is C28H29ClN4O4. The Morgan fingerprint density at radius 1 is 1.08 bits per heavy atom. The van der Waals surface area contributed by atoms with Gasteiger partial charge in [-0.15, -0.1) is 0 Å². The summed E-state index contributed by atoms with van der Waals surface area (Å²) in [6, 6.07) is 16.5. The third-order valence-electron chi connectivity index (χ3n) is 5.69. The van der Waals surface area contributed by atoms with Gasteiger partial charge in [-0.25, -0.2) is 9.78 Å². The number of ether oxygens (including phenoxy) is 1. The fourth-order valence-electron chi connectivity index (χ4n) is 4.68. The van der Waals surface area contributed by atoms with Crippen LogP contribution in [0, 0.1) is 15.5 Å². The summed E-state index contributed by atoms with van der Waals surface area (Å²) in [5, 5.41) is 14.6. The number of nitro groups is 1. The number of benzene rings is 2. The zero-order valence-corrected chi connectivity index (χ0v) is 22.2. The Morgan fingerprint density at radius 3 is 2.46 bits per heavy atom. The van der Waals surface area contributed by atoms with Crippen molar-refractivity contribution in [1.82, 2.24) is 9.38 Å². The minimum absolute atomic E-state index is 0.0294. The first kappa shape index (κ1) is 26.2. The molecule has 192 valence electrons. The Bertz CT molecular complexity index is 1490. The lowest BCUT2D eigenvalue weighted by molar-refractivity contribution is -0.384. The molecule has 0 atom stereocenters. The van der Waals surface area contributed by atoms with Crippen molar-refractivity contribution in [3.05, 3.63) is 87.6 Å². The molecule has 0 fully saturated rings. The standard InChI is InChI=1S/C28H29ClN4O4/c1-27(2,3)17-28(4,5)31-25-24(30-23-12-8-9-15-32(23)25)20-10-6-7-11-22(20)37-26(34)19-14-13-18(33(35)36)16-21(19)29/h6-16,31H,17H2,1-5H3. The van der Waals surface area contributed by atoms with Crippen LogP contribution in [0.25, 0.3) is 16.9 Å². The number of pyridine rings is 1. The number of nitrogens with one attached hydrogen (secondary N) is 1. The maximum atomic E-state index is 13.0. The highest BCUT2D eigenvalue weighted by atomic mass is 35.5. The number of nitrogens with zero attached hydrogens (tertiary/aromatic N) is 3. The molecule has 2 heterocycles. The summed E-state index contributed by atoms with van der Waals surface area (Å²) in [5.74, 6) is 0.349. The predicted octanol–water partition coefficient (Wildman–Crippen LogP) is 7.41. The minimum atomic E-state index is -0.723. The number of imidazole rings is 1. The fourth-order valence-corrected chi connectivity index (χ4v) is 4.93. The van der Waals surface area contributed by atoms with Crippen LogP contribution in [0.15, 0.2) is 66.9 Å². The van der Waals surface area contributed by atoms with Gasteiger partial charge in [-0.2, -0.15) is 0 Å². The van der Waals surface area contributed by atoms with E-state index in [4.69, 9.17) is 21.3 Å². The van der Waals surface area contributed by atoms with Gasteiger partial charge in [0.25, 0.3) is 5.69 Å². The first-order valence-corrected chi connectivity index (χ1v) is 12.2. The van der Waals surface area contributed by atoms with Crippen LogP contribution in [0.1, 0.15) is 51.4 Å². The van der Waals surface area contributed by atoms with Crippen molar-refractivity contribution in [2.75, 3.05) is 5.32 Å². The SMILES string of the molecule is CC(C)(C)CC(C)(C)Nc1c(-c2ccccc2OC(=O)c2ccc([N+](=O)[O-])cc2Cl)nc2ccccn12. The van der Waals surface area contributed by atoms with Crippen LogP contribution >= 0.6 is 11.6 Å². The molecule has 0 aliphatic heterocycles. The quantitative estimate of drug-likeness (QED) is 0.118. The average molecular weight is 521 g/mol. The van der Waals surface area contributed by atoms with Crippen LogP contribution in [-0.4, -0.2) is 25.8 Å². The molecule has 8 nitrogen and oxygen atoms in total. The molecule has 0 saturated carbocycles. The second-order valence-corrected chi connectivity index (χ2v) is 11.2. The number of esters is 1. The minimum Gasteiger partial charge on any atom is -0.422 e. The molecule has 2 aromatic heterocycles. The molecule has 2 aromatic carbocycles. The molecule has 37 heavy (non-hydrogen) atoms. The maximum absolute atomic E-state index is 13.0. The number of non-ortho nitro benzene ring substituents is 1. The zero-order valence-electron chi connectivity index (χ0n) is 21.4. The van der Waals surface area contributed by atoms with Crippen LogP contribution in [0.4, 0.5) is 11.5 Å². The number of carbonyl (C=O) groups is 1. The highest BCUT2D eigenvalue weighted by Crippen LogP contribution is 2.38. The Labute approximate surface area is 220 Å². The van der Waals surface area contributed by atoms with Gasteiger partial charge < -0.3 is 10.1 Å². The summed E-state index contributed by atoms with van der Waals surface area (Å²) in [4.78, 5) is 28.3. The third-order valence-corrected chi connectivity index (χ3v) is 6.00. The van der Waals surface area contributed by atoms with E-state index in [2.05, 4.69) is 39.9 Å². The molecular weight excluding hydrogens is 492 g/mol. The summed E-state index contributed by atoms with van der Waals surface area (Å²) < 4.78 is 7.74. The highest BCUT2D eigenvalue weighted by Gasteiger charge is 2.29. The smallest absolute Gasteiger partial charge is 0.345 e. The summed E-state index contributed by atoms with van der Waals surface area (Å²) in [7, 11) is 0. The van der Waals surface area contributed by atoms with Crippen LogP contribution in [0.5, 0.6) is 5.75 Å². The number of para-hydroxylation sites is 1. The number of aromatic nitrogens is 2. The number of hydrogen-bond donors (Lipinski definition) is 1. The lowest BCUT2D eigenvalue weighted by Gasteiger charge is -2.34. The van der Waals surface area contributed by atoms with E-state index < -0.39 is 10.9 Å². The van der Waals surface area contributed by atoms with Crippen molar-refractivity contribution in [1.29, 1.82) is 0 Å². The van der Waals surface area contributed by atoms with E-state index in [9.17, 15) is 14.9 Å². The normalized spacial score (nSPS) is 11.9. The van der Waals surface area contributed by atoms with Crippen molar-refractivity contribution in [3.63, 3.8) is 0 Å². The van der Waals surface area contributed by atoms with Crippen molar-refractivity contribution >= 4 is 34.7 Å². The van der Waals surface area contributed by atoms with Gasteiger partial charge in [-0.05, 0) is 56.0 Å². The summed E-state index contributed by atoms with van der Waals surface area (Å²) in [6.07, 6.45) is 2.83. The van der Waals surface area contributed by atoms with Crippen molar-refractivity contribution < 1.29 is 14.5 Å². The van der Waals surface area contributed by atoms with Gasteiger partial charge >= 0.3 is 5.97 Å².